The van der Waals surface area contributed by atoms with Crippen LogP contribution in [0.2, 0.25) is 0 Å². The first kappa shape index (κ1) is 10.9. The van der Waals surface area contributed by atoms with Crippen LogP contribution in [0.3, 0.4) is 0 Å². The molecule has 4 heteroatoms. The predicted molar refractivity (Wildman–Crippen MR) is 47.9 cm³/mol. The Balaban J connectivity index is 3.76. The molecule has 2 N–H and O–H groups in total. The number of likely N-dealkylation sites (N-methyl/N-ethyl adjacent to an activating group) is 1. The maximum absolute atomic E-state index is 11.0. The zero-order valence-electron chi connectivity index (χ0n) is 6.96. The second kappa shape index (κ2) is 6.64. The van der Waals surface area contributed by atoms with Gasteiger partial charge in [0.2, 0.25) is 0 Å². The van der Waals surface area contributed by atoms with Crippen LogP contribution in [0.1, 0.15) is 6.92 Å². The maximum Gasteiger partial charge on any atom is 0.175 e. The van der Waals surface area contributed by atoms with Crippen LogP contribution in [0.5, 0.6) is 0 Å². The Labute approximate surface area is 71.6 Å². The standard InChI is InChI=1S/C7H15NO2S/c1-3-8-6(5-11-2)7(10)4-9/h6,8-9H,3-5H2,1-2H3. The molecule has 0 fully saturated rings. The molecular formula is C7H15NO2S. The van der Waals surface area contributed by atoms with Crippen LogP contribution < -0.4 is 5.32 Å². The molecule has 1 unspecified atom stereocenters. The molecule has 0 aliphatic rings. The monoisotopic (exact) mass is 177 g/mol. The number of Topliss-reactive ketones (excluding diaryl/α,β-unsaturated/α-hetero) is 1. The molecule has 0 aliphatic heterocycles. The summed E-state index contributed by atoms with van der Waals surface area (Å²) in [6.07, 6.45) is 1.94. The SMILES string of the molecule is CCNC(CSC)C(=O)CO. The van der Waals surface area contributed by atoms with Gasteiger partial charge in [-0.1, -0.05) is 6.92 Å². The Morgan fingerprint density at radius 2 is 2.36 bits per heavy atom. The van der Waals surface area contributed by atoms with Crippen LogP contribution in [0.4, 0.5) is 0 Å². The molecule has 0 saturated carbocycles. The van der Waals surface area contributed by atoms with Gasteiger partial charge in [-0.05, 0) is 12.8 Å². The minimum atomic E-state index is -0.363. The van der Waals surface area contributed by atoms with Crippen molar-refractivity contribution in [2.45, 2.75) is 13.0 Å². The zero-order chi connectivity index (χ0) is 8.69. The van der Waals surface area contributed by atoms with E-state index < -0.39 is 0 Å². The summed E-state index contributed by atoms with van der Waals surface area (Å²) in [4.78, 5) is 11.0. The number of aliphatic hydroxyl groups excluding tert-OH is 1. The van der Waals surface area contributed by atoms with E-state index >= 15 is 0 Å². The van der Waals surface area contributed by atoms with Crippen molar-refractivity contribution in [2.75, 3.05) is 25.2 Å². The Kier molecular flexibility index (Phi) is 6.60. The summed E-state index contributed by atoms with van der Waals surface area (Å²) < 4.78 is 0. The van der Waals surface area contributed by atoms with E-state index in [9.17, 15) is 4.79 Å². The van der Waals surface area contributed by atoms with E-state index in [1.54, 1.807) is 11.8 Å². The average molecular weight is 177 g/mol. The summed E-state index contributed by atoms with van der Waals surface area (Å²) in [5, 5.41) is 11.6. The average Bonchev–Trinajstić information content (AvgIpc) is 2.03. The first-order valence-corrected chi connectivity index (χ1v) is 5.01. The van der Waals surface area contributed by atoms with Gasteiger partial charge in [0.1, 0.15) is 6.61 Å². The molecule has 0 spiro atoms. The van der Waals surface area contributed by atoms with Gasteiger partial charge < -0.3 is 10.4 Å². The van der Waals surface area contributed by atoms with Gasteiger partial charge in [-0.2, -0.15) is 11.8 Å². The molecular weight excluding hydrogens is 162 g/mol. The molecule has 0 saturated heterocycles. The number of carbonyl (C=O) groups is 1. The maximum atomic E-state index is 11.0. The summed E-state index contributed by atoms with van der Waals surface area (Å²) in [7, 11) is 0. The fourth-order valence-corrected chi connectivity index (χ4v) is 1.43. The fraction of sp³-hybridized carbons (Fsp3) is 0.857. The van der Waals surface area contributed by atoms with E-state index in [0.29, 0.717) is 0 Å². The molecule has 0 aliphatic carbocycles. The van der Waals surface area contributed by atoms with Crippen molar-refractivity contribution in [3.63, 3.8) is 0 Å². The smallest absolute Gasteiger partial charge is 0.175 e. The second-order valence-electron chi connectivity index (χ2n) is 2.19. The van der Waals surface area contributed by atoms with E-state index in [1.807, 2.05) is 13.2 Å². The van der Waals surface area contributed by atoms with Gasteiger partial charge >= 0.3 is 0 Å². The molecule has 3 nitrogen and oxygen atoms in total. The molecule has 66 valence electrons. The van der Waals surface area contributed by atoms with Crippen molar-refractivity contribution >= 4 is 17.5 Å². The molecule has 0 amide bonds. The highest BCUT2D eigenvalue weighted by atomic mass is 32.2. The first-order chi connectivity index (χ1) is 5.26. The lowest BCUT2D eigenvalue weighted by atomic mass is 10.2. The van der Waals surface area contributed by atoms with Crippen LogP contribution in [-0.2, 0) is 4.79 Å². The molecule has 0 aromatic rings. The van der Waals surface area contributed by atoms with E-state index in [2.05, 4.69) is 5.32 Å². The quantitative estimate of drug-likeness (QED) is 0.594. The molecule has 11 heavy (non-hydrogen) atoms. The van der Waals surface area contributed by atoms with E-state index in [4.69, 9.17) is 5.11 Å². The van der Waals surface area contributed by atoms with Crippen molar-refractivity contribution in [3.8, 4) is 0 Å². The number of carbonyl (C=O) groups excluding carboxylic acids is 1. The van der Waals surface area contributed by atoms with E-state index in [1.165, 1.54) is 0 Å². The van der Waals surface area contributed by atoms with E-state index in [-0.39, 0.29) is 18.4 Å². The lowest BCUT2D eigenvalue weighted by Crippen LogP contribution is -2.40. The number of hydrogen-bond acceptors (Lipinski definition) is 4. The van der Waals surface area contributed by atoms with Gasteiger partial charge in [0.15, 0.2) is 5.78 Å². The zero-order valence-corrected chi connectivity index (χ0v) is 7.78. The Bertz CT molecular complexity index is 113. The first-order valence-electron chi connectivity index (χ1n) is 3.62. The number of hydrogen-bond donors (Lipinski definition) is 2. The number of ketones is 1. The number of nitrogens with one attached hydrogen (secondary N) is 1. The molecule has 0 bridgehead atoms. The van der Waals surface area contributed by atoms with Crippen molar-refractivity contribution < 1.29 is 9.90 Å². The van der Waals surface area contributed by atoms with Gasteiger partial charge in [0.05, 0.1) is 6.04 Å². The molecule has 0 aromatic carbocycles. The highest BCUT2D eigenvalue weighted by Crippen LogP contribution is 1.97. The number of rotatable bonds is 6. The topological polar surface area (TPSA) is 49.3 Å². The highest BCUT2D eigenvalue weighted by molar-refractivity contribution is 7.98. The summed E-state index contributed by atoms with van der Waals surface area (Å²) in [5.41, 5.74) is 0. The minimum Gasteiger partial charge on any atom is -0.389 e. The predicted octanol–water partition coefficient (Wildman–Crippen LogP) is -0.111. The molecule has 1 atom stereocenters. The van der Waals surface area contributed by atoms with Crippen molar-refractivity contribution in [3.05, 3.63) is 0 Å². The van der Waals surface area contributed by atoms with Crippen molar-refractivity contribution in [1.82, 2.24) is 5.32 Å². The lowest BCUT2D eigenvalue weighted by Gasteiger charge is -2.13. The Morgan fingerprint density at radius 1 is 1.73 bits per heavy atom. The molecule has 0 heterocycles. The van der Waals surface area contributed by atoms with Crippen LogP contribution in [0, 0.1) is 0 Å². The van der Waals surface area contributed by atoms with Crippen LogP contribution >= 0.6 is 11.8 Å². The largest absolute Gasteiger partial charge is 0.389 e. The van der Waals surface area contributed by atoms with Crippen molar-refractivity contribution in [1.29, 1.82) is 0 Å². The van der Waals surface area contributed by atoms with Gasteiger partial charge in [0.25, 0.3) is 0 Å². The minimum absolute atomic E-state index is 0.124. The number of aliphatic hydroxyl groups is 1. The molecule has 0 rings (SSSR count). The van der Waals surface area contributed by atoms with Crippen LogP contribution in [0.15, 0.2) is 0 Å². The third kappa shape index (κ3) is 4.40. The highest BCUT2D eigenvalue weighted by Gasteiger charge is 2.14. The third-order valence-electron chi connectivity index (χ3n) is 1.33. The normalized spacial score (nSPS) is 13.0. The van der Waals surface area contributed by atoms with Crippen LogP contribution in [0.25, 0.3) is 0 Å². The summed E-state index contributed by atoms with van der Waals surface area (Å²) >= 11 is 1.60. The number of thioether (sulfide) groups is 1. The van der Waals surface area contributed by atoms with Gasteiger partial charge in [-0.15, -0.1) is 0 Å². The van der Waals surface area contributed by atoms with Crippen molar-refractivity contribution in [2.24, 2.45) is 0 Å². The molecule has 0 radical (unpaired) electrons. The third-order valence-corrected chi connectivity index (χ3v) is 2.00. The second-order valence-corrected chi connectivity index (χ2v) is 3.10. The van der Waals surface area contributed by atoms with E-state index in [0.717, 1.165) is 12.3 Å². The summed E-state index contributed by atoms with van der Waals surface area (Å²) in [5.74, 6) is 0.606. The summed E-state index contributed by atoms with van der Waals surface area (Å²) in [6, 6.07) is -0.181. The van der Waals surface area contributed by atoms with Crippen LogP contribution in [-0.4, -0.2) is 42.1 Å². The summed E-state index contributed by atoms with van der Waals surface area (Å²) in [6.45, 7) is 2.34. The lowest BCUT2D eigenvalue weighted by molar-refractivity contribution is -0.123. The van der Waals surface area contributed by atoms with Gasteiger partial charge in [-0.25, -0.2) is 0 Å². The fourth-order valence-electron chi connectivity index (χ4n) is 0.789. The Hall–Kier alpha value is -0.0600. The van der Waals surface area contributed by atoms with Gasteiger partial charge in [-0.3, -0.25) is 4.79 Å². The molecule has 0 aromatic heterocycles. The Morgan fingerprint density at radius 3 is 2.73 bits per heavy atom. The van der Waals surface area contributed by atoms with Gasteiger partial charge in [0, 0.05) is 5.75 Å².